The van der Waals surface area contributed by atoms with Gasteiger partial charge in [0.05, 0.1) is 0 Å². The predicted molar refractivity (Wildman–Crippen MR) is 20.4 cm³/mol. The van der Waals surface area contributed by atoms with Crippen molar-refractivity contribution in [3.63, 3.8) is 0 Å². The van der Waals surface area contributed by atoms with E-state index in [0.717, 1.165) is 0 Å². The van der Waals surface area contributed by atoms with Gasteiger partial charge in [0.25, 0.3) is 0 Å². The van der Waals surface area contributed by atoms with E-state index in [1.165, 1.54) is 0 Å². The quantitative estimate of drug-likeness (QED) is 0.381. The van der Waals surface area contributed by atoms with Crippen LogP contribution in [0.1, 0.15) is 0 Å². The van der Waals surface area contributed by atoms with E-state index in [1.54, 1.807) is 9.76 Å². The van der Waals surface area contributed by atoms with Gasteiger partial charge in [-0.15, -0.1) is 0 Å². The van der Waals surface area contributed by atoms with E-state index in [1.807, 2.05) is 0 Å². The molecule has 4 N–H and O–H groups in total. The molecule has 4 nitrogen and oxygen atoms in total. The van der Waals surface area contributed by atoms with Gasteiger partial charge in [0.2, 0.25) is 0 Å². The maximum Gasteiger partial charge on any atom is -0.870 e. The zero-order valence-electron chi connectivity index (χ0n) is 3.45. The van der Waals surface area contributed by atoms with Crippen molar-refractivity contribution in [2.45, 2.75) is 0 Å². The normalized spacial score (nSPS) is 1.00. The minimum Gasteiger partial charge on any atom is -0.870 e. The molecule has 0 saturated carbocycles. The smallest absolute Gasteiger partial charge is 0.870 e. The summed E-state index contributed by atoms with van der Waals surface area (Å²) in [6.07, 6.45) is 0. The van der Waals surface area contributed by atoms with Crippen molar-refractivity contribution in [2.24, 2.45) is 0 Å². The Bertz CT molecular complexity index is 11.7. The Kier molecular flexibility index (Phi) is 18000. The second-order valence-electron chi connectivity index (χ2n) is 0. The molecule has 40 valence electrons. The van der Waals surface area contributed by atoms with Crippen molar-refractivity contribution in [2.75, 3.05) is 0 Å². The largest absolute Gasteiger partial charge is 0.870 e. The molecule has 0 aliphatic carbocycles. The summed E-state index contributed by atoms with van der Waals surface area (Å²) in [6.45, 7) is 0. The fraction of sp³-hybridized carbons (Fsp3) is 0. The predicted octanol–water partition coefficient (Wildman–Crippen LogP) is -1.05. The molecule has 0 amide bonds. The number of rotatable bonds is 0. The van der Waals surface area contributed by atoms with Gasteiger partial charge in [-0.1, -0.05) is 0 Å². The van der Waals surface area contributed by atoms with Gasteiger partial charge >= 0.3 is 31.3 Å². The molecule has 0 saturated heterocycles. The van der Waals surface area contributed by atoms with E-state index < -0.39 is 0 Å². The number of hydrogen-bond donors (Lipinski definition) is 0. The zero-order chi connectivity index (χ0) is 2.00. The molecule has 0 aromatic rings. The Labute approximate surface area is 54.0 Å². The fourth-order valence-corrected chi connectivity index (χ4v) is 0. The maximum absolute atomic E-state index is 9.25. The molecule has 7 heteroatoms. The summed E-state index contributed by atoms with van der Waals surface area (Å²) >= 11 is 0. The summed E-state index contributed by atoms with van der Waals surface area (Å²) in [5.41, 5.74) is 0. The molecule has 0 atom stereocenters. The first kappa shape index (κ1) is 145. The van der Waals surface area contributed by atoms with E-state index in [4.69, 9.17) is 0 Å². The first-order valence-corrected chi connectivity index (χ1v) is 0.267. The summed E-state index contributed by atoms with van der Waals surface area (Å²) in [5, 5.41) is 0. The Morgan fingerprint density at radius 3 is 0.714 bits per heavy atom. The minimum absolute atomic E-state index is 0. The molecule has 0 unspecified atom stereocenters. The second-order valence-corrected chi connectivity index (χ2v) is 0. The molecule has 0 aromatic carbocycles. The second kappa shape index (κ2) is 872. The first-order valence-electron chi connectivity index (χ1n) is 0.267. The van der Waals surface area contributed by atoms with Crippen LogP contribution < -0.4 is 0 Å². The minimum atomic E-state index is 0. The van der Waals surface area contributed by atoms with Gasteiger partial charge in [0.1, 0.15) is 0 Å². The molecule has 0 spiro atoms. The van der Waals surface area contributed by atoms with Crippen molar-refractivity contribution in [1.82, 2.24) is 0 Å². The Morgan fingerprint density at radius 2 is 0.714 bits per heavy atom. The van der Waals surface area contributed by atoms with E-state index in [0.29, 0.717) is 0 Å². The monoisotopic (exact) mass is 123 g/mol. The van der Waals surface area contributed by atoms with Gasteiger partial charge in [-0.2, -0.15) is 0 Å². The Balaban J connectivity index is -0.000000000500. The molecule has 0 aliphatic rings. The van der Waals surface area contributed by atoms with Gasteiger partial charge in [-0.05, 0) is 0 Å². The molecule has 0 fully saturated rings. The number of halogens is 1. The zero-order valence-corrected chi connectivity index (χ0v) is 4.61. The summed E-state index contributed by atoms with van der Waals surface area (Å²) in [4.78, 5) is 0. The van der Waals surface area contributed by atoms with Crippen LogP contribution in [0.15, 0.2) is 0 Å². The summed E-state index contributed by atoms with van der Waals surface area (Å²) in [6, 6.07) is 0. The standard InChI is InChI=1S/Al.Be.FH.4H2O/h;;1H;4*1H2/q+3;+2;;;;;/p-5. The van der Waals surface area contributed by atoms with Crippen molar-refractivity contribution >= 4 is 27.1 Å². The van der Waals surface area contributed by atoms with Crippen LogP contribution in [0.3, 0.4) is 0 Å². The summed E-state index contributed by atoms with van der Waals surface area (Å²) < 4.78 is 9.25. The molecule has 0 radical (unpaired) electrons. The Hall–Kier alpha value is 0.471. The van der Waals surface area contributed by atoms with E-state index in [2.05, 4.69) is 0 Å². The van der Waals surface area contributed by atoms with Crippen LogP contribution in [0.5, 0.6) is 0 Å². The third-order valence-corrected chi connectivity index (χ3v) is 0. The van der Waals surface area contributed by atoms with Gasteiger partial charge in [0.15, 0.2) is 0 Å². The maximum atomic E-state index is 9.25. The van der Waals surface area contributed by atoms with Crippen molar-refractivity contribution in [1.29, 1.82) is 0 Å². The van der Waals surface area contributed by atoms with Gasteiger partial charge in [-0.3, -0.25) is 0 Å². The third-order valence-electron chi connectivity index (χ3n) is 0. The van der Waals surface area contributed by atoms with Gasteiger partial charge < -0.3 is 21.9 Å². The molecule has 0 heterocycles. The summed E-state index contributed by atoms with van der Waals surface area (Å²) in [7, 11) is 1.75. The van der Waals surface area contributed by atoms with E-state index in [9.17, 15) is 4.18 Å². The van der Waals surface area contributed by atoms with E-state index in [-0.39, 0.29) is 39.3 Å². The van der Waals surface area contributed by atoms with Crippen LogP contribution in [0.25, 0.3) is 0 Å². The summed E-state index contributed by atoms with van der Waals surface area (Å²) in [5.74, 6) is 0. The van der Waals surface area contributed by atoms with Gasteiger partial charge in [0, 0.05) is 0 Å². The van der Waals surface area contributed by atoms with Crippen molar-refractivity contribution < 1.29 is 26.1 Å². The molecule has 0 bridgehead atoms. The van der Waals surface area contributed by atoms with Crippen LogP contribution in [0.4, 0.5) is 4.18 Å². The van der Waals surface area contributed by atoms with Crippen LogP contribution in [0, 0.1) is 0 Å². The molecular formula is H4AlBeFO4. The topological polar surface area (TPSA) is 120 Å². The van der Waals surface area contributed by atoms with Gasteiger partial charge in [-0.25, -0.2) is 0 Å². The molecular weight excluding hydrogens is 119 g/mol. The molecule has 0 aromatic heterocycles. The van der Waals surface area contributed by atoms with Crippen molar-refractivity contribution in [3.8, 4) is 0 Å². The van der Waals surface area contributed by atoms with Crippen LogP contribution in [-0.4, -0.2) is 49.0 Å². The molecule has 0 aliphatic heterocycles. The fourth-order valence-electron chi connectivity index (χ4n) is 0. The van der Waals surface area contributed by atoms with Crippen LogP contribution in [-0.2, 0) is 0 Å². The Morgan fingerprint density at radius 1 is 0.714 bits per heavy atom. The van der Waals surface area contributed by atoms with Crippen LogP contribution >= 0.6 is 0 Å². The molecule has 0 rings (SSSR count). The van der Waals surface area contributed by atoms with Crippen LogP contribution in [0.2, 0.25) is 0 Å². The van der Waals surface area contributed by atoms with Crippen molar-refractivity contribution in [3.05, 3.63) is 0 Å². The first-order chi connectivity index (χ1) is 1.00. The number of hydrogen-bond acceptors (Lipinski definition) is 4. The third kappa shape index (κ3) is 582. The average Bonchev–Trinajstić information content (AvgIpc) is 1.00. The molecule has 7 heavy (non-hydrogen) atoms. The average molecular weight is 123 g/mol. The SMILES string of the molecule is [Al+3].[Be+][F].[OH-].[OH-].[OH-].[OH-]. The van der Waals surface area contributed by atoms with E-state index >= 15 is 0 Å².